The molecule has 126 valence electrons. The number of carbonyl (C=O) groups is 2. The van der Waals surface area contributed by atoms with Crippen molar-refractivity contribution in [2.24, 2.45) is 11.8 Å². The normalized spacial score (nSPS) is 27.6. The van der Waals surface area contributed by atoms with Crippen molar-refractivity contribution in [2.75, 3.05) is 13.1 Å². The highest BCUT2D eigenvalue weighted by molar-refractivity contribution is 5.84. The fourth-order valence-electron chi connectivity index (χ4n) is 3.92. The molecule has 0 spiro atoms. The Morgan fingerprint density at radius 2 is 2.17 bits per heavy atom. The van der Waals surface area contributed by atoms with Gasteiger partial charge in [-0.1, -0.05) is 37.3 Å². The molecule has 2 aliphatic rings. The van der Waals surface area contributed by atoms with E-state index in [4.69, 9.17) is 5.26 Å². The molecule has 0 radical (unpaired) electrons. The Morgan fingerprint density at radius 1 is 1.42 bits per heavy atom. The number of amides is 2. The van der Waals surface area contributed by atoms with Crippen LogP contribution in [0.4, 0.5) is 0 Å². The van der Waals surface area contributed by atoms with E-state index in [1.165, 1.54) is 0 Å². The van der Waals surface area contributed by atoms with Crippen LogP contribution >= 0.6 is 0 Å². The summed E-state index contributed by atoms with van der Waals surface area (Å²) in [6, 6.07) is 12.1. The van der Waals surface area contributed by atoms with Gasteiger partial charge in [0.25, 0.3) is 0 Å². The molecule has 2 heterocycles. The SMILES string of the molecule is CCC(C(=O)N1CCC2NC(=O)C(C#N)CC2C1)c1ccccc1. The molecule has 0 aliphatic carbocycles. The van der Waals surface area contributed by atoms with Crippen molar-refractivity contribution in [1.82, 2.24) is 10.2 Å². The molecule has 2 aliphatic heterocycles. The summed E-state index contributed by atoms with van der Waals surface area (Å²) in [7, 11) is 0. The van der Waals surface area contributed by atoms with Crippen molar-refractivity contribution >= 4 is 11.8 Å². The Balaban J connectivity index is 1.71. The summed E-state index contributed by atoms with van der Waals surface area (Å²) >= 11 is 0. The number of piperidine rings is 2. The standard InChI is InChI=1S/C19H23N3O2/c1-2-16(13-6-4-3-5-7-13)19(24)22-9-8-17-15(12-22)10-14(11-20)18(23)21-17/h3-7,14-17H,2,8-10,12H2,1H3,(H,21,23). The number of nitrogens with zero attached hydrogens (tertiary/aromatic N) is 2. The molecule has 2 fully saturated rings. The van der Waals surface area contributed by atoms with Gasteiger partial charge in [0.15, 0.2) is 0 Å². The topological polar surface area (TPSA) is 73.2 Å². The Hall–Kier alpha value is -2.35. The van der Waals surface area contributed by atoms with Crippen LogP contribution in [0.2, 0.25) is 0 Å². The van der Waals surface area contributed by atoms with Gasteiger partial charge in [-0.15, -0.1) is 0 Å². The summed E-state index contributed by atoms with van der Waals surface area (Å²) in [6.45, 7) is 3.33. The molecule has 1 N–H and O–H groups in total. The first kappa shape index (κ1) is 16.5. The number of likely N-dealkylation sites (tertiary alicyclic amines) is 1. The van der Waals surface area contributed by atoms with Crippen LogP contribution in [0, 0.1) is 23.2 Å². The van der Waals surface area contributed by atoms with Crippen LogP contribution in [0.1, 0.15) is 37.7 Å². The van der Waals surface area contributed by atoms with E-state index in [2.05, 4.69) is 11.4 Å². The van der Waals surface area contributed by atoms with E-state index in [0.717, 1.165) is 18.4 Å². The number of nitrogens with one attached hydrogen (secondary N) is 1. The van der Waals surface area contributed by atoms with Gasteiger partial charge in [0, 0.05) is 19.1 Å². The number of hydrogen-bond acceptors (Lipinski definition) is 3. The van der Waals surface area contributed by atoms with Crippen molar-refractivity contribution in [1.29, 1.82) is 5.26 Å². The molecule has 0 bridgehead atoms. The first-order valence-electron chi connectivity index (χ1n) is 8.67. The van der Waals surface area contributed by atoms with Crippen molar-refractivity contribution in [2.45, 2.75) is 38.1 Å². The maximum absolute atomic E-state index is 13.0. The zero-order chi connectivity index (χ0) is 17.1. The lowest BCUT2D eigenvalue weighted by atomic mass is 9.80. The third-order valence-electron chi connectivity index (χ3n) is 5.29. The first-order chi connectivity index (χ1) is 11.6. The number of benzene rings is 1. The maximum atomic E-state index is 13.0. The molecule has 0 aromatic heterocycles. The van der Waals surface area contributed by atoms with Crippen molar-refractivity contribution in [3.05, 3.63) is 35.9 Å². The Labute approximate surface area is 142 Å². The summed E-state index contributed by atoms with van der Waals surface area (Å²) in [5.41, 5.74) is 1.05. The van der Waals surface area contributed by atoms with Gasteiger partial charge in [0.05, 0.1) is 12.0 Å². The third kappa shape index (κ3) is 3.14. The van der Waals surface area contributed by atoms with E-state index < -0.39 is 5.92 Å². The van der Waals surface area contributed by atoms with Crippen molar-refractivity contribution < 1.29 is 9.59 Å². The van der Waals surface area contributed by atoms with Gasteiger partial charge >= 0.3 is 0 Å². The number of rotatable bonds is 3. The minimum atomic E-state index is -0.586. The average Bonchev–Trinajstić information content (AvgIpc) is 2.62. The molecule has 2 amide bonds. The monoisotopic (exact) mass is 325 g/mol. The maximum Gasteiger partial charge on any atom is 0.237 e. The fraction of sp³-hybridized carbons (Fsp3) is 0.526. The van der Waals surface area contributed by atoms with Gasteiger partial charge in [-0.25, -0.2) is 0 Å². The van der Waals surface area contributed by atoms with Crippen molar-refractivity contribution in [3.63, 3.8) is 0 Å². The zero-order valence-corrected chi connectivity index (χ0v) is 13.9. The lowest BCUT2D eigenvalue weighted by Crippen LogP contribution is -2.57. The molecule has 3 rings (SSSR count). The second-order valence-corrected chi connectivity index (χ2v) is 6.74. The molecule has 4 atom stereocenters. The van der Waals surface area contributed by atoms with Gasteiger partial charge in [-0.05, 0) is 30.7 Å². The molecule has 5 nitrogen and oxygen atoms in total. The highest BCUT2D eigenvalue weighted by Crippen LogP contribution is 2.31. The second kappa shape index (κ2) is 7.04. The van der Waals surface area contributed by atoms with E-state index in [9.17, 15) is 9.59 Å². The predicted octanol–water partition coefficient (Wildman–Crippen LogP) is 2.06. The van der Waals surface area contributed by atoms with Crippen LogP contribution in [0.5, 0.6) is 0 Å². The van der Waals surface area contributed by atoms with Crippen LogP contribution in [-0.2, 0) is 9.59 Å². The number of carbonyl (C=O) groups excluding carboxylic acids is 2. The van der Waals surface area contributed by atoms with Crippen LogP contribution in [-0.4, -0.2) is 35.8 Å². The summed E-state index contributed by atoms with van der Waals surface area (Å²) in [4.78, 5) is 26.7. The zero-order valence-electron chi connectivity index (χ0n) is 13.9. The van der Waals surface area contributed by atoms with Gasteiger partial charge in [0.2, 0.25) is 11.8 Å². The number of fused-ring (bicyclic) bond motifs is 1. The summed E-state index contributed by atoms with van der Waals surface area (Å²) in [5, 5.41) is 12.1. The number of nitriles is 1. The molecule has 0 saturated carbocycles. The Morgan fingerprint density at radius 3 is 2.83 bits per heavy atom. The first-order valence-corrected chi connectivity index (χ1v) is 8.67. The fourth-order valence-corrected chi connectivity index (χ4v) is 3.92. The van der Waals surface area contributed by atoms with E-state index in [-0.39, 0.29) is 29.7 Å². The minimum Gasteiger partial charge on any atom is -0.352 e. The molecule has 5 heteroatoms. The smallest absolute Gasteiger partial charge is 0.237 e. The second-order valence-electron chi connectivity index (χ2n) is 6.74. The van der Waals surface area contributed by atoms with Crippen LogP contribution in [0.15, 0.2) is 30.3 Å². The summed E-state index contributed by atoms with van der Waals surface area (Å²) in [5.74, 6) is -0.523. The van der Waals surface area contributed by atoms with E-state index in [0.29, 0.717) is 19.5 Å². The van der Waals surface area contributed by atoms with Gasteiger partial charge in [0.1, 0.15) is 5.92 Å². The summed E-state index contributed by atoms with van der Waals surface area (Å²) in [6.07, 6.45) is 2.09. The minimum absolute atomic E-state index is 0.1000. The van der Waals surface area contributed by atoms with Crippen LogP contribution in [0.25, 0.3) is 0 Å². The van der Waals surface area contributed by atoms with Crippen LogP contribution in [0.3, 0.4) is 0 Å². The molecular formula is C19H23N3O2. The molecule has 4 unspecified atom stereocenters. The molecule has 1 aromatic rings. The summed E-state index contributed by atoms with van der Waals surface area (Å²) < 4.78 is 0. The van der Waals surface area contributed by atoms with E-state index >= 15 is 0 Å². The predicted molar refractivity (Wildman–Crippen MR) is 89.8 cm³/mol. The molecular weight excluding hydrogens is 302 g/mol. The van der Waals surface area contributed by atoms with Gasteiger partial charge in [-0.3, -0.25) is 9.59 Å². The highest BCUT2D eigenvalue weighted by Gasteiger charge is 2.40. The van der Waals surface area contributed by atoms with Gasteiger partial charge < -0.3 is 10.2 Å². The third-order valence-corrected chi connectivity index (χ3v) is 5.29. The molecule has 1 aromatic carbocycles. The lowest BCUT2D eigenvalue weighted by Gasteiger charge is -2.43. The average molecular weight is 325 g/mol. The molecule has 2 saturated heterocycles. The molecule has 24 heavy (non-hydrogen) atoms. The highest BCUT2D eigenvalue weighted by atomic mass is 16.2. The van der Waals surface area contributed by atoms with Gasteiger partial charge in [-0.2, -0.15) is 5.26 Å². The van der Waals surface area contributed by atoms with E-state index in [1.54, 1.807) is 0 Å². The number of hydrogen-bond donors (Lipinski definition) is 1. The Bertz CT molecular complexity index is 652. The van der Waals surface area contributed by atoms with E-state index in [1.807, 2.05) is 42.2 Å². The van der Waals surface area contributed by atoms with Crippen LogP contribution < -0.4 is 5.32 Å². The lowest BCUT2D eigenvalue weighted by molar-refractivity contribution is -0.137. The largest absolute Gasteiger partial charge is 0.352 e. The Kier molecular flexibility index (Phi) is 4.84. The van der Waals surface area contributed by atoms with Crippen molar-refractivity contribution in [3.8, 4) is 6.07 Å². The quantitative estimate of drug-likeness (QED) is 0.924.